The summed E-state index contributed by atoms with van der Waals surface area (Å²) in [5.41, 5.74) is 3.29. The van der Waals surface area contributed by atoms with Crippen LogP contribution in [0.25, 0.3) is 10.9 Å². The molecule has 0 saturated carbocycles. The number of rotatable bonds is 1. The third kappa shape index (κ3) is 1.55. The molecule has 0 N–H and O–H groups in total. The van der Waals surface area contributed by atoms with Crippen molar-refractivity contribution in [1.82, 2.24) is 4.57 Å². The van der Waals surface area contributed by atoms with Gasteiger partial charge in [-0.3, -0.25) is 0 Å². The molecule has 0 unspecified atom stereocenters. The Labute approximate surface area is 103 Å². The maximum atomic E-state index is 9.15. The van der Waals surface area contributed by atoms with Crippen LogP contribution >= 0.6 is 0 Å². The van der Waals surface area contributed by atoms with E-state index in [9.17, 15) is 0 Å². The summed E-state index contributed by atoms with van der Waals surface area (Å²) in [5.74, 6) is 0. The molecule has 0 spiro atoms. The van der Waals surface area contributed by atoms with E-state index >= 15 is 0 Å². The summed E-state index contributed by atoms with van der Waals surface area (Å²) in [5, 5.41) is 10.2. The second-order valence-corrected chi connectivity index (χ2v) is 4.95. The first-order valence-electron chi connectivity index (χ1n) is 4.93. The molecule has 15 heavy (non-hydrogen) atoms. The molecular formula is C12H11N2Sn. The second kappa shape index (κ2) is 3.90. The normalized spacial score (nSPS) is 10.5. The third-order valence-corrected chi connectivity index (χ3v) is 4.13. The van der Waals surface area contributed by atoms with Gasteiger partial charge in [-0.15, -0.1) is 0 Å². The zero-order valence-electron chi connectivity index (χ0n) is 8.83. The topological polar surface area (TPSA) is 28.7 Å². The van der Waals surface area contributed by atoms with Crippen molar-refractivity contribution < 1.29 is 0 Å². The van der Waals surface area contributed by atoms with Crippen LogP contribution in [-0.4, -0.2) is 27.1 Å². The van der Waals surface area contributed by atoms with E-state index in [1.54, 1.807) is 0 Å². The standard InChI is InChI=1S/C12H11N2.Sn/c1-3-14-8-10(7-13)11-5-4-9(2)6-12(11)14;/h4-6H,3H2,1-2H3;. The van der Waals surface area contributed by atoms with Gasteiger partial charge in [-0.2, -0.15) is 0 Å². The van der Waals surface area contributed by atoms with Gasteiger partial charge in [0.15, 0.2) is 0 Å². The van der Waals surface area contributed by atoms with Crippen molar-refractivity contribution >= 4 is 37.1 Å². The van der Waals surface area contributed by atoms with Crippen molar-refractivity contribution in [2.45, 2.75) is 20.4 Å². The van der Waals surface area contributed by atoms with Gasteiger partial charge in [0.05, 0.1) is 0 Å². The van der Waals surface area contributed by atoms with Gasteiger partial charge in [0.1, 0.15) is 0 Å². The first-order chi connectivity index (χ1) is 7.19. The van der Waals surface area contributed by atoms with Crippen LogP contribution in [0.5, 0.6) is 0 Å². The van der Waals surface area contributed by atoms with Crippen molar-refractivity contribution in [3.8, 4) is 6.07 Å². The first kappa shape index (κ1) is 10.6. The van der Waals surface area contributed by atoms with E-state index in [2.05, 4.69) is 42.7 Å². The summed E-state index contributed by atoms with van der Waals surface area (Å²) < 4.78 is 3.40. The molecule has 0 saturated heterocycles. The Bertz CT molecular complexity index is 561. The molecule has 0 amide bonds. The Morgan fingerprint density at radius 2 is 2.20 bits per heavy atom. The number of aryl methyl sites for hydroxylation is 2. The molecule has 1 heterocycles. The summed E-state index contributed by atoms with van der Waals surface area (Å²) >= 11 is 1.31. The SMILES string of the molecule is CCn1[c]([Sn])c(C#N)c2ccc(C)cc21. The van der Waals surface area contributed by atoms with Gasteiger partial charge in [-0.1, -0.05) is 0 Å². The molecule has 73 valence electrons. The summed E-state index contributed by atoms with van der Waals surface area (Å²) in [4.78, 5) is 0. The summed E-state index contributed by atoms with van der Waals surface area (Å²) in [6, 6.07) is 8.60. The van der Waals surface area contributed by atoms with Crippen LogP contribution < -0.4 is 3.71 Å². The van der Waals surface area contributed by atoms with Gasteiger partial charge >= 0.3 is 103 Å². The van der Waals surface area contributed by atoms with Crippen LogP contribution in [0.3, 0.4) is 0 Å². The Morgan fingerprint density at radius 3 is 2.80 bits per heavy atom. The molecule has 2 nitrogen and oxygen atoms in total. The molecule has 2 rings (SSSR count). The quantitative estimate of drug-likeness (QED) is 0.736. The first-order valence-corrected chi connectivity index (χ1v) is 6.36. The minimum absolute atomic E-state index is 0.852. The third-order valence-electron chi connectivity index (χ3n) is 2.65. The zero-order chi connectivity index (χ0) is 11.0. The van der Waals surface area contributed by atoms with Gasteiger partial charge in [0.2, 0.25) is 0 Å². The van der Waals surface area contributed by atoms with Crippen molar-refractivity contribution in [1.29, 1.82) is 5.26 Å². The second-order valence-electron chi connectivity index (χ2n) is 3.60. The Hall–Kier alpha value is -0.951. The molecule has 0 bridgehead atoms. The van der Waals surface area contributed by atoms with Crippen LogP contribution in [0, 0.1) is 18.3 Å². The summed E-state index contributed by atoms with van der Waals surface area (Å²) in [6.45, 7) is 5.14. The van der Waals surface area contributed by atoms with Crippen LogP contribution in [0.4, 0.5) is 0 Å². The van der Waals surface area contributed by atoms with Gasteiger partial charge in [0.25, 0.3) is 0 Å². The van der Waals surface area contributed by atoms with Crippen LogP contribution in [-0.2, 0) is 6.54 Å². The molecule has 0 atom stereocenters. The number of hydrogen-bond donors (Lipinski definition) is 0. The molecule has 3 heteroatoms. The number of benzene rings is 1. The average Bonchev–Trinajstić information content (AvgIpc) is 2.48. The van der Waals surface area contributed by atoms with Crippen molar-refractivity contribution in [2.24, 2.45) is 0 Å². The minimum atomic E-state index is 0.852. The van der Waals surface area contributed by atoms with Crippen molar-refractivity contribution in [3.63, 3.8) is 0 Å². The summed E-state index contributed by atoms with van der Waals surface area (Å²) in [6.07, 6.45) is 0. The summed E-state index contributed by atoms with van der Waals surface area (Å²) in [7, 11) is 0. The van der Waals surface area contributed by atoms with E-state index in [0.717, 1.165) is 21.2 Å². The Morgan fingerprint density at radius 1 is 1.47 bits per heavy atom. The van der Waals surface area contributed by atoms with E-state index in [0.29, 0.717) is 0 Å². The van der Waals surface area contributed by atoms with Gasteiger partial charge in [0, 0.05) is 0 Å². The van der Waals surface area contributed by atoms with Crippen molar-refractivity contribution in [3.05, 3.63) is 29.3 Å². The Kier molecular flexibility index (Phi) is 2.74. The Balaban J connectivity index is 2.93. The maximum absolute atomic E-state index is 9.15. The van der Waals surface area contributed by atoms with E-state index in [4.69, 9.17) is 5.26 Å². The number of fused-ring (bicyclic) bond motifs is 1. The van der Waals surface area contributed by atoms with E-state index in [-0.39, 0.29) is 0 Å². The van der Waals surface area contributed by atoms with Crippen LogP contribution in [0.2, 0.25) is 0 Å². The molecule has 0 fully saturated rings. The molecule has 0 aliphatic rings. The molecular weight excluding hydrogens is 291 g/mol. The number of nitriles is 1. The van der Waals surface area contributed by atoms with Gasteiger partial charge in [-0.25, -0.2) is 0 Å². The molecule has 1 aromatic heterocycles. The number of nitrogens with zero attached hydrogens (tertiary/aromatic N) is 2. The molecule has 1 aromatic carbocycles. The van der Waals surface area contributed by atoms with Gasteiger partial charge < -0.3 is 0 Å². The fourth-order valence-electron chi connectivity index (χ4n) is 1.90. The van der Waals surface area contributed by atoms with E-state index in [1.807, 2.05) is 0 Å². The predicted molar refractivity (Wildman–Crippen MR) is 62.5 cm³/mol. The van der Waals surface area contributed by atoms with Gasteiger partial charge in [-0.05, 0) is 0 Å². The zero-order valence-corrected chi connectivity index (χ0v) is 11.7. The van der Waals surface area contributed by atoms with E-state index < -0.39 is 0 Å². The molecule has 0 aliphatic heterocycles. The predicted octanol–water partition coefficient (Wildman–Crippen LogP) is 1.64. The van der Waals surface area contributed by atoms with Crippen molar-refractivity contribution in [2.75, 3.05) is 0 Å². The molecule has 3 radical (unpaired) electrons. The number of aromatic nitrogens is 1. The van der Waals surface area contributed by atoms with Crippen LogP contribution in [0.15, 0.2) is 18.2 Å². The molecule has 2 aromatic rings. The molecule has 0 aliphatic carbocycles. The number of hydrogen-bond acceptors (Lipinski definition) is 1. The monoisotopic (exact) mass is 303 g/mol. The fraction of sp³-hybridized carbons (Fsp3) is 0.250. The van der Waals surface area contributed by atoms with E-state index in [1.165, 1.54) is 33.6 Å². The van der Waals surface area contributed by atoms with Crippen LogP contribution in [0.1, 0.15) is 18.1 Å². The fourth-order valence-corrected chi connectivity index (χ4v) is 3.24. The average molecular weight is 302 g/mol.